The van der Waals surface area contributed by atoms with Crippen molar-refractivity contribution in [1.82, 2.24) is 0 Å². The van der Waals surface area contributed by atoms with Gasteiger partial charge in [0.25, 0.3) is 0 Å². The third-order valence-corrected chi connectivity index (χ3v) is 3.28. The third-order valence-electron chi connectivity index (χ3n) is 2.61. The van der Waals surface area contributed by atoms with E-state index in [1.807, 2.05) is 0 Å². The molecule has 0 unspecified atom stereocenters. The molecule has 0 atom stereocenters. The van der Waals surface area contributed by atoms with Gasteiger partial charge in [-0.1, -0.05) is 33.6 Å². The number of nitrogens with two attached hydrogens (primary N) is 1. The highest BCUT2D eigenvalue weighted by molar-refractivity contribution is 9.10. The van der Waals surface area contributed by atoms with Gasteiger partial charge in [0, 0.05) is 15.1 Å². The van der Waals surface area contributed by atoms with Crippen LogP contribution in [-0.4, -0.2) is 11.1 Å². The van der Waals surface area contributed by atoms with Crippen LogP contribution >= 0.6 is 27.5 Å². The minimum Gasteiger partial charge on any atom is -0.481 e. The van der Waals surface area contributed by atoms with E-state index in [4.69, 9.17) is 27.2 Å². The van der Waals surface area contributed by atoms with Crippen molar-refractivity contribution in [2.45, 2.75) is 6.42 Å². The number of hydrogen-bond donors (Lipinski definition) is 2. The lowest BCUT2D eigenvalue weighted by atomic mass is 10.1. The molecule has 0 heterocycles. The molecule has 2 rings (SSSR count). The fourth-order valence-corrected chi connectivity index (χ4v) is 2.55. The van der Waals surface area contributed by atoms with Gasteiger partial charge in [0.1, 0.15) is 5.75 Å². The molecule has 2 aromatic carbocycles. The minimum absolute atomic E-state index is 0.00667. The van der Waals surface area contributed by atoms with Crippen molar-refractivity contribution in [3.63, 3.8) is 0 Å². The van der Waals surface area contributed by atoms with Crippen molar-refractivity contribution in [3.8, 4) is 11.5 Å². The molecule has 4 nitrogen and oxygen atoms in total. The van der Waals surface area contributed by atoms with Gasteiger partial charge < -0.3 is 15.6 Å². The summed E-state index contributed by atoms with van der Waals surface area (Å²) in [5.41, 5.74) is 5.75. The summed E-state index contributed by atoms with van der Waals surface area (Å²) in [5.74, 6) is -1.88. The van der Waals surface area contributed by atoms with Crippen molar-refractivity contribution in [1.29, 1.82) is 0 Å². The van der Waals surface area contributed by atoms with Crippen molar-refractivity contribution in [2.75, 3.05) is 5.73 Å². The normalized spacial score (nSPS) is 10.4. The Labute approximate surface area is 133 Å². The number of carbonyl (C=O) groups is 1. The number of ether oxygens (including phenoxy) is 1. The number of halogens is 3. The highest BCUT2D eigenvalue weighted by Gasteiger charge is 2.16. The Morgan fingerprint density at radius 1 is 1.38 bits per heavy atom. The molecule has 0 aliphatic heterocycles. The molecule has 110 valence electrons. The van der Waals surface area contributed by atoms with Crippen LogP contribution in [0.25, 0.3) is 0 Å². The summed E-state index contributed by atoms with van der Waals surface area (Å²) in [6.45, 7) is 0. The Morgan fingerprint density at radius 2 is 2.10 bits per heavy atom. The van der Waals surface area contributed by atoms with Gasteiger partial charge in [0.05, 0.1) is 12.1 Å². The van der Waals surface area contributed by atoms with E-state index in [1.54, 1.807) is 12.1 Å². The van der Waals surface area contributed by atoms with Gasteiger partial charge in [-0.25, -0.2) is 4.39 Å². The third kappa shape index (κ3) is 3.86. The smallest absolute Gasteiger partial charge is 0.307 e. The molecule has 0 saturated carbocycles. The first-order chi connectivity index (χ1) is 9.86. The number of rotatable bonds is 4. The molecule has 0 fully saturated rings. The van der Waals surface area contributed by atoms with Crippen molar-refractivity contribution in [2.24, 2.45) is 0 Å². The van der Waals surface area contributed by atoms with E-state index in [1.165, 1.54) is 18.2 Å². The lowest BCUT2D eigenvalue weighted by Crippen LogP contribution is -2.05. The molecule has 3 N–H and O–H groups in total. The fourth-order valence-electron chi connectivity index (χ4n) is 1.72. The minimum atomic E-state index is -1.14. The van der Waals surface area contributed by atoms with E-state index in [0.29, 0.717) is 9.50 Å². The largest absolute Gasteiger partial charge is 0.481 e. The zero-order valence-corrected chi connectivity index (χ0v) is 12.9. The predicted octanol–water partition coefficient (Wildman–Crippen LogP) is 4.24. The SMILES string of the molecule is Nc1ccc(CC(=O)O)c(F)c1Oc1cc(Cl)cc(Br)c1. The first-order valence-electron chi connectivity index (χ1n) is 5.79. The maximum Gasteiger partial charge on any atom is 0.307 e. The molecule has 0 aliphatic carbocycles. The summed E-state index contributed by atoms with van der Waals surface area (Å²) in [5, 5.41) is 9.15. The van der Waals surface area contributed by atoms with E-state index in [-0.39, 0.29) is 22.7 Å². The molecular formula is C14H10BrClFNO3. The van der Waals surface area contributed by atoms with Gasteiger partial charge in [0.15, 0.2) is 11.6 Å². The molecule has 2 aromatic rings. The number of aliphatic carboxylic acids is 1. The zero-order valence-electron chi connectivity index (χ0n) is 10.6. The Morgan fingerprint density at radius 3 is 2.71 bits per heavy atom. The summed E-state index contributed by atoms with van der Waals surface area (Å²) in [7, 11) is 0. The molecule has 0 radical (unpaired) electrons. The topological polar surface area (TPSA) is 72.6 Å². The average Bonchev–Trinajstić information content (AvgIpc) is 2.36. The Bertz CT molecular complexity index is 689. The van der Waals surface area contributed by atoms with E-state index >= 15 is 0 Å². The fraction of sp³-hybridized carbons (Fsp3) is 0.0714. The molecule has 0 spiro atoms. The van der Waals surface area contributed by atoms with Crippen LogP contribution in [0.5, 0.6) is 11.5 Å². The van der Waals surface area contributed by atoms with Crippen LogP contribution in [0.3, 0.4) is 0 Å². The summed E-state index contributed by atoms with van der Waals surface area (Å²) in [6, 6.07) is 7.45. The highest BCUT2D eigenvalue weighted by Crippen LogP contribution is 2.34. The second-order valence-corrected chi connectivity index (χ2v) is 5.59. The molecular weight excluding hydrogens is 365 g/mol. The summed E-state index contributed by atoms with van der Waals surface area (Å²) >= 11 is 9.13. The number of anilines is 1. The van der Waals surface area contributed by atoms with E-state index in [0.717, 1.165) is 0 Å². The Kier molecular flexibility index (Phi) is 4.69. The molecule has 0 aromatic heterocycles. The van der Waals surface area contributed by atoms with Crippen LogP contribution < -0.4 is 10.5 Å². The number of carboxylic acid groups (broad SMARTS) is 1. The van der Waals surface area contributed by atoms with Gasteiger partial charge in [0.2, 0.25) is 0 Å². The van der Waals surface area contributed by atoms with Gasteiger partial charge in [-0.15, -0.1) is 0 Å². The maximum absolute atomic E-state index is 14.3. The van der Waals surface area contributed by atoms with Crippen molar-refractivity contribution >= 4 is 39.2 Å². The van der Waals surface area contributed by atoms with E-state index in [9.17, 15) is 9.18 Å². The standard InChI is InChI=1S/C14H10BrClFNO3/c15-8-4-9(16)6-10(5-8)21-14-11(18)2-1-7(13(14)17)3-12(19)20/h1-2,4-6H,3,18H2,(H,19,20). The van der Waals surface area contributed by atoms with Gasteiger partial charge in [-0.2, -0.15) is 0 Å². The number of carboxylic acids is 1. The summed E-state index contributed by atoms with van der Waals surface area (Å²) < 4.78 is 20.3. The second kappa shape index (κ2) is 6.32. The lowest BCUT2D eigenvalue weighted by molar-refractivity contribution is -0.136. The van der Waals surface area contributed by atoms with Crippen LogP contribution in [0.4, 0.5) is 10.1 Å². The maximum atomic E-state index is 14.3. The van der Waals surface area contributed by atoms with E-state index in [2.05, 4.69) is 15.9 Å². The number of benzene rings is 2. The van der Waals surface area contributed by atoms with E-state index < -0.39 is 18.2 Å². The number of nitrogen functional groups attached to an aromatic ring is 1. The van der Waals surface area contributed by atoms with Crippen molar-refractivity contribution < 1.29 is 19.0 Å². The van der Waals surface area contributed by atoms with Crippen LogP contribution in [0.2, 0.25) is 5.02 Å². The summed E-state index contributed by atoms with van der Waals surface area (Å²) in [4.78, 5) is 10.7. The Balaban J connectivity index is 2.41. The predicted molar refractivity (Wildman–Crippen MR) is 81.4 cm³/mol. The number of hydrogen-bond acceptors (Lipinski definition) is 3. The van der Waals surface area contributed by atoms with Crippen LogP contribution in [0.1, 0.15) is 5.56 Å². The monoisotopic (exact) mass is 373 g/mol. The zero-order chi connectivity index (χ0) is 15.6. The first-order valence-corrected chi connectivity index (χ1v) is 6.96. The first kappa shape index (κ1) is 15.6. The molecule has 0 aliphatic rings. The quantitative estimate of drug-likeness (QED) is 0.785. The average molecular weight is 375 g/mol. The van der Waals surface area contributed by atoms with Gasteiger partial charge >= 0.3 is 5.97 Å². The van der Waals surface area contributed by atoms with Gasteiger partial charge in [-0.3, -0.25) is 4.79 Å². The van der Waals surface area contributed by atoms with Gasteiger partial charge in [-0.05, 0) is 24.3 Å². The molecule has 7 heteroatoms. The molecule has 0 bridgehead atoms. The second-order valence-electron chi connectivity index (χ2n) is 4.23. The highest BCUT2D eigenvalue weighted by atomic mass is 79.9. The Hall–Kier alpha value is -1.79. The lowest BCUT2D eigenvalue weighted by Gasteiger charge is -2.12. The van der Waals surface area contributed by atoms with Crippen LogP contribution in [0, 0.1) is 5.82 Å². The molecule has 0 amide bonds. The molecule has 21 heavy (non-hydrogen) atoms. The summed E-state index contributed by atoms with van der Waals surface area (Å²) in [6.07, 6.45) is -0.457. The van der Waals surface area contributed by atoms with Crippen molar-refractivity contribution in [3.05, 3.63) is 51.2 Å². The van der Waals surface area contributed by atoms with Crippen LogP contribution in [-0.2, 0) is 11.2 Å². The molecule has 0 saturated heterocycles. The van der Waals surface area contributed by atoms with Crippen LogP contribution in [0.15, 0.2) is 34.8 Å².